The molecule has 0 saturated heterocycles. The van der Waals surface area contributed by atoms with Gasteiger partial charge in [0.25, 0.3) is 0 Å². The molecule has 3 aliphatic carbocycles. The third-order valence-electron chi connectivity index (χ3n) is 6.92. The Labute approximate surface area is 157 Å². The zero-order chi connectivity index (χ0) is 17.8. The van der Waals surface area contributed by atoms with Gasteiger partial charge < -0.3 is 9.15 Å². The van der Waals surface area contributed by atoms with Crippen LogP contribution in [0.4, 0.5) is 0 Å². The summed E-state index contributed by atoms with van der Waals surface area (Å²) in [5.74, 6) is 2.19. The Hall–Kier alpha value is -1.09. The van der Waals surface area contributed by atoms with Gasteiger partial charge in [-0.25, -0.2) is 0 Å². The normalized spacial score (nSPS) is 27.2. The fourth-order valence-corrected chi connectivity index (χ4v) is 5.30. The van der Waals surface area contributed by atoms with Crippen LogP contribution < -0.4 is 5.43 Å². The minimum absolute atomic E-state index is 0.266. The fraction of sp³-hybridized carbons (Fsp3) is 0.783. The molecule has 0 spiro atoms. The average molecular weight is 359 g/mol. The first-order valence-electron chi connectivity index (χ1n) is 11.1. The Balaban J connectivity index is 1.41. The van der Waals surface area contributed by atoms with E-state index in [9.17, 15) is 4.79 Å². The Bertz CT molecular complexity index is 641. The molecular weight excluding hydrogens is 324 g/mol. The maximum Gasteiger partial charge on any atom is 0.191 e. The number of ether oxygens (including phenoxy) is 1. The molecule has 0 N–H and O–H groups in total. The Morgan fingerprint density at radius 2 is 1.69 bits per heavy atom. The Morgan fingerprint density at radius 3 is 2.58 bits per heavy atom. The van der Waals surface area contributed by atoms with Crippen molar-refractivity contribution in [2.24, 2.45) is 11.8 Å². The van der Waals surface area contributed by atoms with Crippen LogP contribution >= 0.6 is 0 Å². The Morgan fingerprint density at radius 1 is 0.923 bits per heavy atom. The maximum absolute atomic E-state index is 12.9. The second-order valence-electron chi connectivity index (χ2n) is 8.82. The van der Waals surface area contributed by atoms with Gasteiger partial charge in [0.05, 0.1) is 12.4 Å². The number of rotatable bonds is 5. The average Bonchev–Trinajstić information content (AvgIpc) is 2.70. The highest BCUT2D eigenvalue weighted by atomic mass is 16.5. The van der Waals surface area contributed by atoms with E-state index in [4.69, 9.17) is 9.15 Å². The zero-order valence-electron chi connectivity index (χ0n) is 16.1. The van der Waals surface area contributed by atoms with Crippen molar-refractivity contribution in [3.8, 4) is 0 Å². The topological polar surface area (TPSA) is 39.4 Å². The summed E-state index contributed by atoms with van der Waals surface area (Å²) in [5.41, 5.74) is 2.12. The van der Waals surface area contributed by atoms with Gasteiger partial charge in [-0.15, -0.1) is 0 Å². The van der Waals surface area contributed by atoms with Crippen LogP contribution in [0.3, 0.4) is 0 Å². The predicted octanol–water partition coefficient (Wildman–Crippen LogP) is 5.22. The van der Waals surface area contributed by atoms with Gasteiger partial charge in [-0.3, -0.25) is 4.79 Å². The molecule has 0 aliphatic heterocycles. The molecule has 2 saturated carbocycles. The monoisotopic (exact) mass is 358 g/mol. The van der Waals surface area contributed by atoms with E-state index in [1.165, 1.54) is 51.4 Å². The van der Waals surface area contributed by atoms with E-state index in [0.29, 0.717) is 12.0 Å². The van der Waals surface area contributed by atoms with Crippen LogP contribution in [0.2, 0.25) is 0 Å². The lowest BCUT2D eigenvalue weighted by Gasteiger charge is -2.33. The van der Waals surface area contributed by atoms with E-state index < -0.39 is 0 Å². The quantitative estimate of drug-likeness (QED) is 0.725. The molecule has 2 fully saturated rings. The SMILES string of the molecule is O=c1c(CC2CCCCC2OCC2CCCCC2)coc2c1CCCC2. The van der Waals surface area contributed by atoms with Crippen LogP contribution in [0, 0.1) is 11.8 Å². The van der Waals surface area contributed by atoms with E-state index in [0.717, 1.165) is 67.9 Å². The van der Waals surface area contributed by atoms with E-state index in [1.807, 2.05) is 0 Å². The second kappa shape index (κ2) is 8.73. The van der Waals surface area contributed by atoms with E-state index in [2.05, 4.69) is 0 Å². The molecule has 3 heteroatoms. The minimum Gasteiger partial charge on any atom is -0.469 e. The maximum atomic E-state index is 12.9. The van der Waals surface area contributed by atoms with Crippen LogP contribution in [0.15, 0.2) is 15.5 Å². The minimum atomic E-state index is 0.266. The summed E-state index contributed by atoms with van der Waals surface area (Å²) in [5, 5.41) is 0. The Kier molecular flexibility index (Phi) is 6.14. The first-order valence-corrected chi connectivity index (χ1v) is 11.1. The number of aryl methyl sites for hydroxylation is 1. The molecule has 2 unspecified atom stereocenters. The molecule has 26 heavy (non-hydrogen) atoms. The zero-order valence-corrected chi connectivity index (χ0v) is 16.1. The molecule has 0 aromatic carbocycles. The lowest BCUT2D eigenvalue weighted by molar-refractivity contribution is -0.0318. The van der Waals surface area contributed by atoms with Crippen molar-refractivity contribution in [3.05, 3.63) is 33.4 Å². The molecule has 0 amide bonds. The van der Waals surface area contributed by atoms with Gasteiger partial charge in [-0.1, -0.05) is 32.1 Å². The van der Waals surface area contributed by atoms with Gasteiger partial charge in [0.2, 0.25) is 0 Å². The van der Waals surface area contributed by atoms with Crippen molar-refractivity contribution in [2.75, 3.05) is 6.61 Å². The number of hydrogen-bond donors (Lipinski definition) is 0. The predicted molar refractivity (Wildman–Crippen MR) is 104 cm³/mol. The molecule has 144 valence electrons. The van der Waals surface area contributed by atoms with Crippen LogP contribution in [-0.2, 0) is 24.0 Å². The number of hydrogen-bond acceptors (Lipinski definition) is 3. The van der Waals surface area contributed by atoms with Gasteiger partial charge in [0.1, 0.15) is 5.76 Å². The van der Waals surface area contributed by atoms with E-state index in [1.54, 1.807) is 6.26 Å². The van der Waals surface area contributed by atoms with Crippen LogP contribution in [-0.4, -0.2) is 12.7 Å². The first-order chi connectivity index (χ1) is 12.8. The summed E-state index contributed by atoms with van der Waals surface area (Å²) in [6.07, 6.45) is 18.7. The smallest absolute Gasteiger partial charge is 0.191 e. The van der Waals surface area contributed by atoms with Crippen LogP contribution in [0.25, 0.3) is 0 Å². The number of fused-ring (bicyclic) bond motifs is 1. The van der Waals surface area contributed by atoms with Crippen LogP contribution in [0.5, 0.6) is 0 Å². The molecule has 3 aliphatic rings. The van der Waals surface area contributed by atoms with Gasteiger partial charge in [0.15, 0.2) is 5.43 Å². The summed E-state index contributed by atoms with van der Waals surface area (Å²) >= 11 is 0. The summed E-state index contributed by atoms with van der Waals surface area (Å²) in [6, 6.07) is 0. The van der Waals surface area contributed by atoms with Crippen molar-refractivity contribution in [3.63, 3.8) is 0 Å². The molecule has 0 radical (unpaired) electrons. The summed E-state index contributed by atoms with van der Waals surface area (Å²) in [6.45, 7) is 0.931. The van der Waals surface area contributed by atoms with Gasteiger partial charge >= 0.3 is 0 Å². The van der Waals surface area contributed by atoms with Crippen molar-refractivity contribution in [1.29, 1.82) is 0 Å². The van der Waals surface area contributed by atoms with Gasteiger partial charge in [0, 0.05) is 24.2 Å². The lowest BCUT2D eigenvalue weighted by atomic mass is 9.82. The molecule has 1 heterocycles. The van der Waals surface area contributed by atoms with Crippen molar-refractivity contribution >= 4 is 0 Å². The van der Waals surface area contributed by atoms with Crippen molar-refractivity contribution < 1.29 is 9.15 Å². The third-order valence-corrected chi connectivity index (χ3v) is 6.92. The van der Waals surface area contributed by atoms with E-state index in [-0.39, 0.29) is 5.43 Å². The largest absolute Gasteiger partial charge is 0.469 e. The highest BCUT2D eigenvalue weighted by Crippen LogP contribution is 2.32. The molecule has 4 rings (SSSR count). The van der Waals surface area contributed by atoms with E-state index >= 15 is 0 Å². The fourth-order valence-electron chi connectivity index (χ4n) is 5.30. The third kappa shape index (κ3) is 4.24. The first kappa shape index (κ1) is 18.3. The molecule has 1 aromatic heterocycles. The summed E-state index contributed by atoms with van der Waals surface area (Å²) in [4.78, 5) is 12.9. The van der Waals surface area contributed by atoms with Crippen molar-refractivity contribution in [2.45, 2.75) is 96.0 Å². The molecule has 2 atom stereocenters. The van der Waals surface area contributed by atoms with Gasteiger partial charge in [-0.2, -0.15) is 0 Å². The summed E-state index contributed by atoms with van der Waals surface area (Å²) < 4.78 is 12.3. The lowest BCUT2D eigenvalue weighted by Crippen LogP contribution is -2.33. The molecule has 3 nitrogen and oxygen atoms in total. The molecular formula is C23H34O3. The molecule has 1 aromatic rings. The van der Waals surface area contributed by atoms with Crippen molar-refractivity contribution in [1.82, 2.24) is 0 Å². The molecule has 0 bridgehead atoms. The van der Waals surface area contributed by atoms with Gasteiger partial charge in [-0.05, 0) is 63.2 Å². The summed E-state index contributed by atoms with van der Waals surface area (Å²) in [7, 11) is 0. The highest BCUT2D eigenvalue weighted by Gasteiger charge is 2.29. The second-order valence-corrected chi connectivity index (χ2v) is 8.82. The highest BCUT2D eigenvalue weighted by molar-refractivity contribution is 5.25. The van der Waals surface area contributed by atoms with Crippen LogP contribution in [0.1, 0.15) is 87.5 Å². The standard InChI is InChI=1S/C23H34O3/c24-23-19(16-26-22-13-7-5-11-20(22)23)14-18-10-4-6-12-21(18)25-15-17-8-2-1-3-9-17/h16-18,21H,1-15H2.